The van der Waals surface area contributed by atoms with Crippen LogP contribution in [0.5, 0.6) is 11.5 Å². The molecule has 1 saturated carbocycles. The Labute approximate surface area is 202 Å². The predicted octanol–water partition coefficient (Wildman–Crippen LogP) is 3.98. The van der Waals surface area contributed by atoms with Crippen LogP contribution >= 0.6 is 0 Å². The van der Waals surface area contributed by atoms with Crippen LogP contribution in [-0.2, 0) is 11.3 Å². The molecule has 1 aliphatic heterocycles. The third-order valence-corrected chi connectivity index (χ3v) is 5.90. The first-order valence-electron chi connectivity index (χ1n) is 11.6. The van der Waals surface area contributed by atoms with Crippen LogP contribution in [-0.4, -0.2) is 36.9 Å². The summed E-state index contributed by atoms with van der Waals surface area (Å²) in [7, 11) is 0. The van der Waals surface area contributed by atoms with Crippen molar-refractivity contribution in [2.75, 3.05) is 18.1 Å². The SMILES string of the molecule is Cc1cc(C)cc(OCC(=O)c2ccc3c(c2)N(Cc2ccc(C(=O)NC4CC4)o2)C(=O)CO3)c1. The van der Waals surface area contributed by atoms with Gasteiger partial charge in [-0.15, -0.1) is 0 Å². The molecule has 1 N–H and O–H groups in total. The van der Waals surface area contributed by atoms with Crippen molar-refractivity contribution in [3.63, 3.8) is 0 Å². The molecular weight excluding hydrogens is 448 g/mol. The molecule has 0 spiro atoms. The van der Waals surface area contributed by atoms with Gasteiger partial charge >= 0.3 is 0 Å². The second-order valence-corrected chi connectivity index (χ2v) is 9.00. The number of nitrogens with zero attached hydrogens (tertiary/aromatic N) is 1. The van der Waals surface area contributed by atoms with E-state index in [1.54, 1.807) is 30.3 Å². The summed E-state index contributed by atoms with van der Waals surface area (Å²) >= 11 is 0. The van der Waals surface area contributed by atoms with E-state index in [0.29, 0.717) is 28.5 Å². The lowest BCUT2D eigenvalue weighted by molar-refractivity contribution is -0.121. The van der Waals surface area contributed by atoms with Gasteiger partial charge in [0, 0.05) is 11.6 Å². The summed E-state index contributed by atoms with van der Waals surface area (Å²) in [6.07, 6.45) is 1.96. The van der Waals surface area contributed by atoms with Gasteiger partial charge in [0.15, 0.2) is 24.8 Å². The topological polar surface area (TPSA) is 98.1 Å². The molecule has 2 aliphatic rings. The Morgan fingerprint density at radius 2 is 1.83 bits per heavy atom. The number of anilines is 1. The smallest absolute Gasteiger partial charge is 0.287 e. The van der Waals surface area contributed by atoms with E-state index >= 15 is 0 Å². The molecular formula is C27H26N2O6. The lowest BCUT2D eigenvalue weighted by Gasteiger charge is -2.29. The van der Waals surface area contributed by atoms with E-state index in [-0.39, 0.29) is 49.2 Å². The quantitative estimate of drug-likeness (QED) is 0.496. The van der Waals surface area contributed by atoms with E-state index in [1.165, 1.54) is 4.90 Å². The van der Waals surface area contributed by atoms with E-state index in [9.17, 15) is 14.4 Å². The molecule has 0 unspecified atom stereocenters. The first-order chi connectivity index (χ1) is 16.9. The molecule has 35 heavy (non-hydrogen) atoms. The molecule has 180 valence electrons. The lowest BCUT2D eigenvalue weighted by atomic mass is 10.1. The number of rotatable bonds is 8. The number of carbonyl (C=O) groups is 3. The number of aryl methyl sites for hydroxylation is 2. The Kier molecular flexibility index (Phi) is 6.03. The van der Waals surface area contributed by atoms with E-state index in [1.807, 2.05) is 32.0 Å². The number of hydrogen-bond acceptors (Lipinski definition) is 6. The minimum atomic E-state index is -0.269. The van der Waals surface area contributed by atoms with Crippen molar-refractivity contribution in [3.8, 4) is 11.5 Å². The molecule has 0 bridgehead atoms. The first-order valence-corrected chi connectivity index (χ1v) is 11.6. The van der Waals surface area contributed by atoms with Gasteiger partial charge in [0.05, 0.1) is 12.2 Å². The molecule has 2 aromatic carbocycles. The van der Waals surface area contributed by atoms with Crippen LogP contribution in [0.15, 0.2) is 52.9 Å². The van der Waals surface area contributed by atoms with Crippen molar-refractivity contribution < 1.29 is 28.3 Å². The molecule has 1 aliphatic carbocycles. The number of hydrogen-bond donors (Lipinski definition) is 1. The van der Waals surface area contributed by atoms with Crippen molar-refractivity contribution in [2.45, 2.75) is 39.3 Å². The highest BCUT2D eigenvalue weighted by molar-refractivity contribution is 6.02. The Hall–Kier alpha value is -4.07. The molecule has 8 nitrogen and oxygen atoms in total. The predicted molar refractivity (Wildman–Crippen MR) is 128 cm³/mol. The van der Waals surface area contributed by atoms with Gasteiger partial charge in [-0.25, -0.2) is 0 Å². The van der Waals surface area contributed by atoms with Gasteiger partial charge < -0.3 is 19.2 Å². The highest BCUT2D eigenvalue weighted by Crippen LogP contribution is 2.34. The third kappa shape index (κ3) is 5.21. The number of Topliss-reactive ketones (excluding diaryl/α,β-unsaturated/α-hetero) is 1. The van der Waals surface area contributed by atoms with E-state index < -0.39 is 0 Å². The number of amides is 2. The highest BCUT2D eigenvalue weighted by Gasteiger charge is 2.29. The summed E-state index contributed by atoms with van der Waals surface area (Å²) in [6.45, 7) is 3.80. The first kappa shape index (κ1) is 22.7. The number of nitrogens with one attached hydrogen (secondary N) is 1. The summed E-state index contributed by atoms with van der Waals surface area (Å²) < 4.78 is 17.0. The van der Waals surface area contributed by atoms with Crippen LogP contribution in [0.2, 0.25) is 0 Å². The zero-order valence-corrected chi connectivity index (χ0v) is 19.6. The summed E-state index contributed by atoms with van der Waals surface area (Å²) in [5.74, 6) is 1.05. The van der Waals surface area contributed by atoms with Crippen LogP contribution in [0.4, 0.5) is 5.69 Å². The van der Waals surface area contributed by atoms with Gasteiger partial charge in [0.2, 0.25) is 0 Å². The highest BCUT2D eigenvalue weighted by atomic mass is 16.5. The monoisotopic (exact) mass is 474 g/mol. The van der Waals surface area contributed by atoms with Crippen molar-refractivity contribution in [1.29, 1.82) is 0 Å². The summed E-state index contributed by atoms with van der Waals surface area (Å²) in [5.41, 5.74) is 2.98. The molecule has 0 saturated heterocycles. The third-order valence-electron chi connectivity index (χ3n) is 5.90. The molecule has 2 amide bonds. The molecule has 8 heteroatoms. The summed E-state index contributed by atoms with van der Waals surface area (Å²) in [4.78, 5) is 39.3. The largest absolute Gasteiger partial charge is 0.485 e. The molecule has 0 atom stereocenters. The van der Waals surface area contributed by atoms with Gasteiger partial charge in [-0.2, -0.15) is 0 Å². The van der Waals surface area contributed by atoms with Gasteiger partial charge in [0.1, 0.15) is 17.3 Å². The maximum Gasteiger partial charge on any atom is 0.287 e. The fraction of sp³-hybridized carbons (Fsp3) is 0.296. The van der Waals surface area contributed by atoms with Gasteiger partial charge in [-0.3, -0.25) is 19.3 Å². The number of carbonyl (C=O) groups excluding carboxylic acids is 3. The van der Waals surface area contributed by atoms with Gasteiger partial charge in [0.25, 0.3) is 11.8 Å². The average Bonchev–Trinajstić information content (AvgIpc) is 3.51. The van der Waals surface area contributed by atoms with E-state index in [2.05, 4.69) is 5.32 Å². The maximum atomic E-state index is 12.9. The normalized spacial score (nSPS) is 14.8. The molecule has 1 aromatic heterocycles. The number of fused-ring (bicyclic) bond motifs is 1. The summed E-state index contributed by atoms with van der Waals surface area (Å²) in [6, 6.07) is 14.3. The summed E-state index contributed by atoms with van der Waals surface area (Å²) in [5, 5.41) is 2.88. The second kappa shape index (κ2) is 9.29. The standard InChI is InChI=1S/C27H26N2O6/c1-16-9-17(2)11-21(10-16)33-14-23(30)18-3-7-24-22(12-18)29(26(31)15-34-24)13-20-6-8-25(35-20)27(32)28-19-4-5-19/h3,6-12,19H,4-5,13-15H2,1-2H3,(H,28,32). The average molecular weight is 475 g/mol. The van der Waals surface area contributed by atoms with E-state index in [0.717, 1.165) is 24.0 Å². The molecule has 1 fully saturated rings. The number of ketones is 1. The molecule has 0 radical (unpaired) electrons. The lowest BCUT2D eigenvalue weighted by Crippen LogP contribution is -2.38. The Balaban J connectivity index is 1.31. The van der Waals surface area contributed by atoms with Crippen LogP contribution in [0.25, 0.3) is 0 Å². The van der Waals surface area contributed by atoms with Gasteiger partial charge in [-0.1, -0.05) is 6.07 Å². The minimum absolute atomic E-state index is 0.114. The van der Waals surface area contributed by atoms with Crippen molar-refractivity contribution in [1.82, 2.24) is 5.32 Å². The Bertz CT molecular complexity index is 1290. The van der Waals surface area contributed by atoms with E-state index in [4.69, 9.17) is 13.9 Å². The zero-order chi connectivity index (χ0) is 24.5. The zero-order valence-electron chi connectivity index (χ0n) is 19.6. The Morgan fingerprint density at radius 1 is 1.06 bits per heavy atom. The van der Waals surface area contributed by atoms with Crippen molar-refractivity contribution in [2.24, 2.45) is 0 Å². The molecule has 5 rings (SSSR count). The van der Waals surface area contributed by atoms with Crippen LogP contribution in [0, 0.1) is 13.8 Å². The van der Waals surface area contributed by atoms with Crippen molar-refractivity contribution in [3.05, 3.63) is 76.7 Å². The van der Waals surface area contributed by atoms with Gasteiger partial charge in [-0.05, 0) is 80.3 Å². The number of benzene rings is 2. The second-order valence-electron chi connectivity index (χ2n) is 9.00. The van der Waals surface area contributed by atoms with Crippen molar-refractivity contribution >= 4 is 23.3 Å². The Morgan fingerprint density at radius 3 is 2.57 bits per heavy atom. The molecule has 2 heterocycles. The molecule has 3 aromatic rings. The van der Waals surface area contributed by atoms with Crippen LogP contribution < -0.4 is 19.7 Å². The van der Waals surface area contributed by atoms with Crippen LogP contribution in [0.1, 0.15) is 50.6 Å². The van der Waals surface area contributed by atoms with Crippen LogP contribution in [0.3, 0.4) is 0 Å². The maximum absolute atomic E-state index is 12.9. The number of ether oxygens (including phenoxy) is 2. The minimum Gasteiger partial charge on any atom is -0.485 e. The fourth-order valence-electron chi connectivity index (χ4n) is 4.02. The fourth-order valence-corrected chi connectivity index (χ4v) is 4.02. The number of furan rings is 1.